The van der Waals surface area contributed by atoms with Crippen molar-refractivity contribution in [3.63, 3.8) is 0 Å². The van der Waals surface area contributed by atoms with E-state index in [0.717, 1.165) is 0 Å². The SMILES string of the molecule is CCc1nnc(NC(C)CC(F)(F)F)c(C(=O)O)c1CC. The Hall–Kier alpha value is -1.86. The number of nitrogens with one attached hydrogen (secondary N) is 1. The molecule has 0 aliphatic carbocycles. The number of carboxylic acids is 1. The molecule has 0 fully saturated rings. The Kier molecular flexibility index (Phi) is 5.51. The number of hydrogen-bond acceptors (Lipinski definition) is 4. The minimum Gasteiger partial charge on any atom is -0.478 e. The Balaban J connectivity index is 3.15. The maximum atomic E-state index is 12.3. The molecule has 118 valence electrons. The summed E-state index contributed by atoms with van der Waals surface area (Å²) in [6, 6.07) is -0.991. The van der Waals surface area contributed by atoms with Gasteiger partial charge in [-0.25, -0.2) is 4.79 Å². The van der Waals surface area contributed by atoms with Crippen LogP contribution in [0.5, 0.6) is 0 Å². The van der Waals surface area contributed by atoms with Crippen molar-refractivity contribution in [1.82, 2.24) is 10.2 Å². The van der Waals surface area contributed by atoms with E-state index in [-0.39, 0.29) is 11.4 Å². The number of hydrogen-bond donors (Lipinski definition) is 2. The quantitative estimate of drug-likeness (QED) is 0.845. The molecule has 0 aliphatic heterocycles. The number of aromatic nitrogens is 2. The fourth-order valence-corrected chi connectivity index (χ4v) is 2.14. The van der Waals surface area contributed by atoms with Crippen LogP contribution in [-0.4, -0.2) is 33.5 Å². The Morgan fingerprint density at radius 3 is 2.33 bits per heavy atom. The van der Waals surface area contributed by atoms with Crippen LogP contribution in [0.25, 0.3) is 0 Å². The molecule has 8 heteroatoms. The first-order valence-corrected chi connectivity index (χ1v) is 6.64. The van der Waals surface area contributed by atoms with E-state index in [1.165, 1.54) is 6.92 Å². The average Bonchev–Trinajstić information content (AvgIpc) is 2.35. The number of anilines is 1. The molecule has 0 spiro atoms. The van der Waals surface area contributed by atoms with Gasteiger partial charge in [-0.3, -0.25) is 0 Å². The van der Waals surface area contributed by atoms with Gasteiger partial charge in [0.2, 0.25) is 0 Å². The van der Waals surface area contributed by atoms with Gasteiger partial charge >= 0.3 is 12.1 Å². The molecule has 0 bridgehead atoms. The zero-order chi connectivity index (χ0) is 16.2. The van der Waals surface area contributed by atoms with Gasteiger partial charge in [0.25, 0.3) is 0 Å². The number of nitrogens with zero attached hydrogens (tertiary/aromatic N) is 2. The summed E-state index contributed by atoms with van der Waals surface area (Å²) < 4.78 is 37.0. The van der Waals surface area contributed by atoms with Gasteiger partial charge in [-0.15, -0.1) is 5.10 Å². The molecule has 0 saturated heterocycles. The molecular formula is C13H18F3N3O2. The predicted molar refractivity (Wildman–Crippen MR) is 71.5 cm³/mol. The van der Waals surface area contributed by atoms with E-state index in [4.69, 9.17) is 0 Å². The molecule has 1 aromatic rings. The highest BCUT2D eigenvalue weighted by Gasteiger charge is 2.31. The van der Waals surface area contributed by atoms with Crippen LogP contribution < -0.4 is 5.32 Å². The van der Waals surface area contributed by atoms with Gasteiger partial charge in [-0.05, 0) is 25.3 Å². The van der Waals surface area contributed by atoms with Crippen LogP contribution in [0, 0.1) is 0 Å². The van der Waals surface area contributed by atoms with Crippen molar-refractivity contribution in [2.45, 2.75) is 52.3 Å². The van der Waals surface area contributed by atoms with E-state index in [9.17, 15) is 23.1 Å². The Labute approximate surface area is 120 Å². The lowest BCUT2D eigenvalue weighted by Gasteiger charge is -2.19. The average molecular weight is 305 g/mol. The van der Waals surface area contributed by atoms with Crippen molar-refractivity contribution < 1.29 is 23.1 Å². The highest BCUT2D eigenvalue weighted by molar-refractivity contribution is 5.95. The lowest BCUT2D eigenvalue weighted by Crippen LogP contribution is -2.26. The smallest absolute Gasteiger partial charge is 0.391 e. The molecule has 5 nitrogen and oxygen atoms in total. The molecule has 0 amide bonds. The third kappa shape index (κ3) is 4.57. The molecule has 1 unspecified atom stereocenters. The summed E-state index contributed by atoms with van der Waals surface area (Å²) in [5.74, 6) is -1.34. The minimum atomic E-state index is -4.33. The van der Waals surface area contributed by atoms with E-state index in [1.54, 1.807) is 6.92 Å². The van der Waals surface area contributed by atoms with Gasteiger partial charge in [0.05, 0.1) is 12.1 Å². The summed E-state index contributed by atoms with van der Waals surface area (Å²) in [5, 5.41) is 19.5. The first-order valence-electron chi connectivity index (χ1n) is 6.64. The molecule has 1 heterocycles. The van der Waals surface area contributed by atoms with Crippen molar-refractivity contribution in [2.24, 2.45) is 0 Å². The fourth-order valence-electron chi connectivity index (χ4n) is 2.14. The number of rotatable bonds is 6. The third-order valence-electron chi connectivity index (χ3n) is 2.98. The van der Waals surface area contributed by atoms with Crippen LogP contribution in [0.4, 0.5) is 19.0 Å². The second kappa shape index (κ2) is 6.73. The highest BCUT2D eigenvalue weighted by atomic mass is 19.4. The zero-order valence-electron chi connectivity index (χ0n) is 12.1. The largest absolute Gasteiger partial charge is 0.478 e. The third-order valence-corrected chi connectivity index (χ3v) is 2.98. The highest BCUT2D eigenvalue weighted by Crippen LogP contribution is 2.25. The van der Waals surface area contributed by atoms with Crippen molar-refractivity contribution in [2.75, 3.05) is 5.32 Å². The maximum Gasteiger partial charge on any atom is 0.391 e. The Morgan fingerprint density at radius 1 is 1.29 bits per heavy atom. The first-order chi connectivity index (χ1) is 9.69. The van der Waals surface area contributed by atoms with E-state index in [2.05, 4.69) is 15.5 Å². The standard InChI is InChI=1S/C13H18F3N3O2/c1-4-8-9(5-2)18-19-11(10(8)12(20)21)17-7(3)6-13(14,15)16/h7H,4-6H2,1-3H3,(H,17,19)(H,20,21). The summed E-state index contributed by atoms with van der Waals surface area (Å²) in [5.41, 5.74) is 0.948. The van der Waals surface area contributed by atoms with Gasteiger partial charge < -0.3 is 10.4 Å². The Bertz CT molecular complexity index is 518. The Morgan fingerprint density at radius 2 is 1.90 bits per heavy atom. The number of aromatic carboxylic acids is 1. The second-order valence-corrected chi connectivity index (χ2v) is 4.73. The van der Waals surface area contributed by atoms with Crippen molar-refractivity contribution in [3.8, 4) is 0 Å². The predicted octanol–water partition coefficient (Wildman–Crippen LogP) is 3.05. The maximum absolute atomic E-state index is 12.3. The van der Waals surface area contributed by atoms with Crippen LogP contribution in [0.15, 0.2) is 0 Å². The molecule has 0 radical (unpaired) electrons. The zero-order valence-corrected chi connectivity index (χ0v) is 12.1. The van der Waals surface area contributed by atoms with Crippen molar-refractivity contribution in [3.05, 3.63) is 16.8 Å². The molecule has 0 saturated carbocycles. The number of carboxylic acid groups (broad SMARTS) is 1. The molecule has 1 rings (SSSR count). The van der Waals surface area contributed by atoms with Crippen molar-refractivity contribution >= 4 is 11.8 Å². The van der Waals surface area contributed by atoms with Crippen molar-refractivity contribution in [1.29, 1.82) is 0 Å². The van der Waals surface area contributed by atoms with E-state index >= 15 is 0 Å². The number of alkyl halides is 3. The molecule has 1 aromatic heterocycles. The van der Waals surface area contributed by atoms with Gasteiger partial charge in [0.1, 0.15) is 5.56 Å². The molecule has 0 aliphatic rings. The molecule has 0 aromatic carbocycles. The number of carbonyl (C=O) groups is 1. The normalized spacial score (nSPS) is 13.0. The van der Waals surface area contributed by atoms with E-state index in [0.29, 0.717) is 24.1 Å². The molecular weight excluding hydrogens is 287 g/mol. The molecule has 2 N–H and O–H groups in total. The van der Waals surface area contributed by atoms with Gasteiger partial charge in [-0.1, -0.05) is 13.8 Å². The lowest BCUT2D eigenvalue weighted by molar-refractivity contribution is -0.136. The number of aryl methyl sites for hydroxylation is 1. The summed E-state index contributed by atoms with van der Waals surface area (Å²) in [7, 11) is 0. The molecule has 21 heavy (non-hydrogen) atoms. The van der Waals surface area contributed by atoms with Gasteiger partial charge in [0.15, 0.2) is 5.82 Å². The van der Waals surface area contributed by atoms with Crippen LogP contribution in [-0.2, 0) is 12.8 Å². The van der Waals surface area contributed by atoms with Gasteiger partial charge in [0, 0.05) is 6.04 Å². The lowest BCUT2D eigenvalue weighted by atomic mass is 10.0. The first kappa shape index (κ1) is 17.2. The summed E-state index contributed by atoms with van der Waals surface area (Å²) in [6.07, 6.45) is -4.48. The van der Waals surface area contributed by atoms with Gasteiger partial charge in [-0.2, -0.15) is 18.3 Å². The summed E-state index contributed by atoms with van der Waals surface area (Å²) >= 11 is 0. The summed E-state index contributed by atoms with van der Waals surface area (Å²) in [4.78, 5) is 11.4. The number of halogens is 3. The molecule has 1 atom stereocenters. The van der Waals surface area contributed by atoms with Crippen LogP contribution >= 0.6 is 0 Å². The fraction of sp³-hybridized carbons (Fsp3) is 0.615. The minimum absolute atomic E-state index is 0.0987. The second-order valence-electron chi connectivity index (χ2n) is 4.73. The van der Waals surface area contributed by atoms with Crippen LogP contribution in [0.2, 0.25) is 0 Å². The topological polar surface area (TPSA) is 75.1 Å². The monoisotopic (exact) mass is 305 g/mol. The van der Waals surface area contributed by atoms with Crippen LogP contribution in [0.3, 0.4) is 0 Å². The van der Waals surface area contributed by atoms with Crippen LogP contribution in [0.1, 0.15) is 48.8 Å². The van der Waals surface area contributed by atoms with E-state index < -0.39 is 24.6 Å². The van der Waals surface area contributed by atoms with E-state index in [1.807, 2.05) is 6.92 Å². The summed E-state index contributed by atoms with van der Waals surface area (Å²) in [6.45, 7) is 4.90.